The van der Waals surface area contributed by atoms with Gasteiger partial charge < -0.3 is 5.32 Å². The highest BCUT2D eigenvalue weighted by Crippen LogP contribution is 2.49. The number of rotatable bonds is 6. The lowest BCUT2D eigenvalue weighted by atomic mass is 9.93. The molecule has 1 fully saturated rings. The molecule has 5 rings (SSSR count). The van der Waals surface area contributed by atoms with Gasteiger partial charge in [-0.25, -0.2) is 0 Å². The Labute approximate surface area is 207 Å². The van der Waals surface area contributed by atoms with Crippen LogP contribution < -0.4 is 5.32 Å². The number of tetrazole rings is 1. The summed E-state index contributed by atoms with van der Waals surface area (Å²) in [4.78, 5) is 17.1. The predicted octanol–water partition coefficient (Wildman–Crippen LogP) is 5.73. The standard InChI is InChI=1S/C25H19F5N6O/c1-23(26,27)20-9-2-14(13-31-20)18-8-7-17(12-19(18)21-33-35-36-34-21)32-22(37)24(10-11-24)15-3-5-16(6-4-15)25(28,29)30/h2-9,12-13H,10-11H2,1H3,(H,32,37)(H,33,34,35,36). The first-order valence-electron chi connectivity index (χ1n) is 11.2. The van der Waals surface area contributed by atoms with Crippen molar-refractivity contribution in [1.29, 1.82) is 0 Å². The zero-order valence-electron chi connectivity index (χ0n) is 19.3. The van der Waals surface area contributed by atoms with Crippen LogP contribution in [0, 0.1) is 0 Å². The molecule has 37 heavy (non-hydrogen) atoms. The number of H-pyrrole nitrogens is 1. The van der Waals surface area contributed by atoms with Crippen LogP contribution in [0.15, 0.2) is 60.8 Å². The van der Waals surface area contributed by atoms with E-state index < -0.39 is 23.1 Å². The van der Waals surface area contributed by atoms with Crippen molar-refractivity contribution in [2.45, 2.75) is 37.3 Å². The number of alkyl halides is 5. The smallest absolute Gasteiger partial charge is 0.325 e. The third-order valence-corrected chi connectivity index (χ3v) is 6.34. The van der Waals surface area contributed by atoms with Gasteiger partial charge in [-0.05, 0) is 59.5 Å². The van der Waals surface area contributed by atoms with E-state index in [0.29, 0.717) is 40.8 Å². The SMILES string of the molecule is CC(F)(F)c1ccc(-c2ccc(NC(=O)C3(c4ccc(C(F)(F)F)cc4)CC3)cc2-c2nn[nH]n2)cn1. The fourth-order valence-corrected chi connectivity index (χ4v) is 4.15. The van der Waals surface area contributed by atoms with E-state index in [4.69, 9.17) is 0 Å². The average Bonchev–Trinajstić information content (AvgIpc) is 3.49. The summed E-state index contributed by atoms with van der Waals surface area (Å²) in [6, 6.07) is 12.2. The molecule has 2 aromatic heterocycles. The number of anilines is 1. The van der Waals surface area contributed by atoms with Crippen molar-refractivity contribution in [3.8, 4) is 22.5 Å². The van der Waals surface area contributed by atoms with Gasteiger partial charge in [0.05, 0.1) is 11.0 Å². The summed E-state index contributed by atoms with van der Waals surface area (Å²) in [5.74, 6) is -3.23. The number of halogens is 5. The molecule has 1 aliphatic rings. The summed E-state index contributed by atoms with van der Waals surface area (Å²) < 4.78 is 65.9. The topological polar surface area (TPSA) is 96.5 Å². The summed E-state index contributed by atoms with van der Waals surface area (Å²) >= 11 is 0. The number of hydrogen-bond donors (Lipinski definition) is 2. The Hall–Kier alpha value is -4.22. The normalized spacial score (nSPS) is 14.9. The molecule has 1 saturated carbocycles. The molecule has 4 aromatic rings. The van der Waals surface area contributed by atoms with Gasteiger partial charge in [-0.2, -0.15) is 27.2 Å². The maximum absolute atomic E-state index is 13.6. The van der Waals surface area contributed by atoms with E-state index in [0.717, 1.165) is 19.1 Å². The number of nitrogens with zero attached hydrogens (tertiary/aromatic N) is 4. The highest BCUT2D eigenvalue weighted by Gasteiger charge is 2.51. The second-order valence-electron chi connectivity index (χ2n) is 8.93. The molecule has 0 spiro atoms. The van der Waals surface area contributed by atoms with Crippen LogP contribution in [0.2, 0.25) is 0 Å². The first-order chi connectivity index (χ1) is 17.5. The first kappa shape index (κ1) is 24.5. The molecule has 0 radical (unpaired) electrons. The van der Waals surface area contributed by atoms with E-state index in [1.165, 1.54) is 30.5 Å². The summed E-state index contributed by atoms with van der Waals surface area (Å²) in [6.07, 6.45) is -2.15. The molecular weight excluding hydrogens is 495 g/mol. The molecule has 12 heteroatoms. The summed E-state index contributed by atoms with van der Waals surface area (Å²) in [5.41, 5.74) is 0.389. The van der Waals surface area contributed by atoms with Crippen LogP contribution >= 0.6 is 0 Å². The Morgan fingerprint density at radius 1 is 0.973 bits per heavy atom. The lowest BCUT2D eigenvalue weighted by Gasteiger charge is -2.18. The fraction of sp³-hybridized carbons (Fsp3) is 0.240. The Morgan fingerprint density at radius 2 is 1.70 bits per heavy atom. The van der Waals surface area contributed by atoms with Crippen molar-refractivity contribution < 1.29 is 26.7 Å². The number of amides is 1. The molecule has 0 atom stereocenters. The lowest BCUT2D eigenvalue weighted by molar-refractivity contribution is -0.137. The second kappa shape index (κ2) is 8.71. The van der Waals surface area contributed by atoms with Crippen LogP contribution in [-0.4, -0.2) is 31.5 Å². The van der Waals surface area contributed by atoms with Crippen LogP contribution in [0.1, 0.15) is 36.6 Å². The van der Waals surface area contributed by atoms with Crippen molar-refractivity contribution in [1.82, 2.24) is 25.6 Å². The maximum Gasteiger partial charge on any atom is 0.416 e. The number of hydrogen-bond acceptors (Lipinski definition) is 5. The number of carbonyl (C=O) groups excluding carboxylic acids is 1. The molecule has 0 bridgehead atoms. The second-order valence-corrected chi connectivity index (χ2v) is 8.93. The predicted molar refractivity (Wildman–Crippen MR) is 123 cm³/mol. The van der Waals surface area contributed by atoms with Crippen LogP contribution in [-0.2, 0) is 22.3 Å². The van der Waals surface area contributed by atoms with Crippen LogP contribution in [0.3, 0.4) is 0 Å². The minimum absolute atomic E-state index is 0.208. The van der Waals surface area contributed by atoms with E-state index in [2.05, 4.69) is 30.9 Å². The summed E-state index contributed by atoms with van der Waals surface area (Å²) in [5, 5.41) is 16.7. The van der Waals surface area contributed by atoms with Crippen molar-refractivity contribution in [2.24, 2.45) is 0 Å². The zero-order chi connectivity index (χ0) is 26.4. The fourth-order valence-electron chi connectivity index (χ4n) is 4.15. The highest BCUT2D eigenvalue weighted by atomic mass is 19.4. The van der Waals surface area contributed by atoms with Gasteiger partial charge in [0.25, 0.3) is 5.92 Å². The number of pyridine rings is 1. The summed E-state index contributed by atoms with van der Waals surface area (Å²) in [7, 11) is 0. The van der Waals surface area contributed by atoms with Gasteiger partial charge in [0, 0.05) is 29.9 Å². The van der Waals surface area contributed by atoms with Crippen molar-refractivity contribution in [3.05, 3.63) is 77.6 Å². The highest BCUT2D eigenvalue weighted by molar-refractivity contribution is 6.02. The Morgan fingerprint density at radius 3 is 2.24 bits per heavy atom. The van der Waals surface area contributed by atoms with Crippen LogP contribution in [0.25, 0.3) is 22.5 Å². The maximum atomic E-state index is 13.6. The van der Waals surface area contributed by atoms with E-state index in [1.807, 2.05) is 0 Å². The minimum Gasteiger partial charge on any atom is -0.325 e. The molecule has 2 aromatic carbocycles. The quantitative estimate of drug-likeness (QED) is 0.321. The van der Waals surface area contributed by atoms with Crippen LogP contribution in [0.5, 0.6) is 0 Å². The third kappa shape index (κ3) is 4.78. The van der Waals surface area contributed by atoms with Gasteiger partial charge in [0.1, 0.15) is 5.69 Å². The number of nitrogens with one attached hydrogen (secondary N) is 2. The molecular formula is C25H19F5N6O. The van der Waals surface area contributed by atoms with Gasteiger partial charge in [-0.1, -0.05) is 24.3 Å². The minimum atomic E-state index is -4.46. The molecule has 7 nitrogen and oxygen atoms in total. The third-order valence-electron chi connectivity index (χ3n) is 6.34. The van der Waals surface area contributed by atoms with Gasteiger partial charge in [-0.3, -0.25) is 9.78 Å². The zero-order valence-corrected chi connectivity index (χ0v) is 19.3. The van der Waals surface area contributed by atoms with Gasteiger partial charge in [0.15, 0.2) is 0 Å². The van der Waals surface area contributed by atoms with E-state index in [1.54, 1.807) is 18.2 Å². The number of aromatic amines is 1. The lowest BCUT2D eigenvalue weighted by Crippen LogP contribution is -2.28. The van der Waals surface area contributed by atoms with Gasteiger partial charge in [0.2, 0.25) is 11.7 Å². The first-order valence-corrected chi connectivity index (χ1v) is 11.2. The van der Waals surface area contributed by atoms with Crippen LogP contribution in [0.4, 0.5) is 27.6 Å². The van der Waals surface area contributed by atoms with Gasteiger partial charge >= 0.3 is 6.18 Å². The van der Waals surface area contributed by atoms with Gasteiger partial charge in [-0.15, -0.1) is 10.2 Å². The molecule has 0 unspecified atom stereocenters. The largest absolute Gasteiger partial charge is 0.416 e. The summed E-state index contributed by atoms with van der Waals surface area (Å²) in [6.45, 7) is 0.758. The molecule has 1 aliphatic carbocycles. The van der Waals surface area contributed by atoms with E-state index in [-0.39, 0.29) is 17.4 Å². The Bertz CT molecular complexity index is 1420. The molecule has 2 heterocycles. The molecule has 0 aliphatic heterocycles. The molecule has 190 valence electrons. The molecule has 1 amide bonds. The van der Waals surface area contributed by atoms with Crippen molar-refractivity contribution >= 4 is 11.6 Å². The number of aromatic nitrogens is 5. The Kier molecular flexibility index (Phi) is 5.76. The molecule has 2 N–H and O–H groups in total. The average molecular weight is 514 g/mol. The molecule has 0 saturated heterocycles. The number of carbonyl (C=O) groups is 1. The number of benzene rings is 2. The van der Waals surface area contributed by atoms with E-state index >= 15 is 0 Å². The monoisotopic (exact) mass is 514 g/mol. The van der Waals surface area contributed by atoms with Crippen molar-refractivity contribution in [2.75, 3.05) is 5.32 Å². The van der Waals surface area contributed by atoms with E-state index in [9.17, 15) is 26.7 Å². The Balaban J connectivity index is 1.43. The van der Waals surface area contributed by atoms with Crippen molar-refractivity contribution in [3.63, 3.8) is 0 Å².